The largest absolute Gasteiger partial charge is 0.493 e. The van der Waals surface area contributed by atoms with Gasteiger partial charge < -0.3 is 9.30 Å². The molecule has 0 amide bonds. The smallest absolute Gasteiger partial charge is 0.122 e. The minimum Gasteiger partial charge on any atom is -0.493 e. The van der Waals surface area contributed by atoms with E-state index in [0.29, 0.717) is 0 Å². The monoisotopic (exact) mass is 327 g/mol. The zero-order valence-corrected chi connectivity index (χ0v) is 13.7. The van der Waals surface area contributed by atoms with E-state index in [4.69, 9.17) is 4.74 Å². The van der Waals surface area contributed by atoms with Crippen molar-refractivity contribution in [1.82, 2.24) is 14.5 Å². The summed E-state index contributed by atoms with van der Waals surface area (Å²) in [5.41, 5.74) is 4.80. The van der Waals surface area contributed by atoms with E-state index < -0.39 is 0 Å². The first-order chi connectivity index (χ1) is 10.8. The van der Waals surface area contributed by atoms with Crippen LogP contribution in [0.1, 0.15) is 17.0 Å². The van der Waals surface area contributed by atoms with Crippen molar-refractivity contribution >= 4 is 12.4 Å². The van der Waals surface area contributed by atoms with Gasteiger partial charge in [0.1, 0.15) is 11.6 Å². The van der Waals surface area contributed by atoms with Crippen molar-refractivity contribution in [2.24, 2.45) is 0 Å². The molecule has 4 rings (SSSR count). The van der Waals surface area contributed by atoms with Gasteiger partial charge in [-0.25, -0.2) is 4.98 Å². The Bertz CT molecular complexity index is 829. The lowest BCUT2D eigenvalue weighted by Crippen LogP contribution is -2.01. The van der Waals surface area contributed by atoms with Crippen molar-refractivity contribution in [3.63, 3.8) is 0 Å². The lowest BCUT2D eigenvalue weighted by Gasteiger charge is -2.08. The van der Waals surface area contributed by atoms with E-state index in [-0.39, 0.29) is 12.4 Å². The number of aromatic nitrogens is 3. The van der Waals surface area contributed by atoms with Gasteiger partial charge in [0.05, 0.1) is 13.2 Å². The van der Waals surface area contributed by atoms with Crippen LogP contribution >= 0.6 is 12.4 Å². The van der Waals surface area contributed by atoms with Gasteiger partial charge in [-0.1, -0.05) is 6.07 Å². The number of fused-ring (bicyclic) bond motifs is 1. The average molecular weight is 328 g/mol. The van der Waals surface area contributed by atoms with Crippen LogP contribution in [0.25, 0.3) is 11.1 Å². The van der Waals surface area contributed by atoms with Crippen LogP contribution in [0.4, 0.5) is 0 Å². The summed E-state index contributed by atoms with van der Waals surface area (Å²) in [4.78, 5) is 8.66. The van der Waals surface area contributed by atoms with E-state index in [2.05, 4.69) is 38.8 Å². The first-order valence-electron chi connectivity index (χ1n) is 7.47. The fourth-order valence-electron chi connectivity index (χ4n) is 2.87. The van der Waals surface area contributed by atoms with Gasteiger partial charge in [0, 0.05) is 36.8 Å². The lowest BCUT2D eigenvalue weighted by molar-refractivity contribution is 0.357. The maximum Gasteiger partial charge on any atom is 0.122 e. The summed E-state index contributed by atoms with van der Waals surface area (Å²) in [6.07, 6.45) is 8.65. The van der Waals surface area contributed by atoms with Crippen molar-refractivity contribution in [3.05, 3.63) is 66.0 Å². The highest BCUT2D eigenvalue weighted by Crippen LogP contribution is 2.30. The summed E-state index contributed by atoms with van der Waals surface area (Å²) >= 11 is 0. The normalized spacial score (nSPS) is 12.4. The van der Waals surface area contributed by atoms with Crippen LogP contribution in [-0.4, -0.2) is 21.1 Å². The molecule has 1 aliphatic rings. The zero-order valence-electron chi connectivity index (χ0n) is 12.9. The summed E-state index contributed by atoms with van der Waals surface area (Å²) in [6, 6.07) is 8.58. The Morgan fingerprint density at radius 3 is 2.91 bits per heavy atom. The molecular formula is C18H18ClN3O. The minimum absolute atomic E-state index is 0. The number of ether oxygens (including phenoxy) is 1. The Morgan fingerprint density at radius 2 is 2.09 bits per heavy atom. The van der Waals surface area contributed by atoms with Crippen LogP contribution in [0.3, 0.4) is 0 Å². The van der Waals surface area contributed by atoms with Crippen molar-refractivity contribution in [1.29, 1.82) is 0 Å². The van der Waals surface area contributed by atoms with E-state index in [1.165, 1.54) is 16.7 Å². The fraction of sp³-hybridized carbons (Fsp3) is 0.222. The number of rotatable bonds is 3. The molecule has 23 heavy (non-hydrogen) atoms. The molecule has 0 spiro atoms. The van der Waals surface area contributed by atoms with Crippen molar-refractivity contribution in [2.45, 2.75) is 19.9 Å². The third-order valence-corrected chi connectivity index (χ3v) is 4.09. The quantitative estimate of drug-likeness (QED) is 0.737. The maximum absolute atomic E-state index is 5.57. The summed E-state index contributed by atoms with van der Waals surface area (Å²) in [7, 11) is 0. The highest BCUT2D eigenvalue weighted by molar-refractivity contribution is 5.85. The highest BCUT2D eigenvalue weighted by Gasteiger charge is 2.13. The Labute approximate surface area is 141 Å². The Balaban J connectivity index is 0.00000156. The van der Waals surface area contributed by atoms with E-state index in [9.17, 15) is 0 Å². The molecule has 1 aromatic carbocycles. The standard InChI is InChI=1S/C18H17N3O.ClH/c1-13-20-5-6-21(13)12-14-8-17(11-19-10-14)15-2-3-18-16(9-15)4-7-22-18;/h2-3,5-6,8-11H,4,7,12H2,1H3;1H. The van der Waals surface area contributed by atoms with Crippen LogP contribution in [0.5, 0.6) is 5.75 Å². The molecule has 0 radical (unpaired) electrons. The second kappa shape index (κ2) is 6.42. The first-order valence-corrected chi connectivity index (χ1v) is 7.47. The predicted octanol–water partition coefficient (Wildman–Crippen LogP) is 3.66. The predicted molar refractivity (Wildman–Crippen MR) is 92.2 cm³/mol. The second-order valence-corrected chi connectivity index (χ2v) is 5.61. The molecule has 0 fully saturated rings. The average Bonchev–Trinajstić information content (AvgIpc) is 3.16. The van der Waals surface area contributed by atoms with Crippen molar-refractivity contribution in [2.75, 3.05) is 6.61 Å². The number of pyridine rings is 1. The summed E-state index contributed by atoms with van der Waals surface area (Å²) < 4.78 is 7.69. The van der Waals surface area contributed by atoms with Crippen LogP contribution in [0.15, 0.2) is 49.1 Å². The molecule has 0 atom stereocenters. The number of nitrogens with zero attached hydrogens (tertiary/aromatic N) is 3. The molecule has 3 aromatic rings. The third kappa shape index (κ3) is 3.08. The van der Waals surface area contributed by atoms with Crippen LogP contribution in [-0.2, 0) is 13.0 Å². The molecule has 1 aliphatic heterocycles. The summed E-state index contributed by atoms with van der Waals surface area (Å²) in [5.74, 6) is 2.03. The molecule has 5 heteroatoms. The van der Waals surface area contributed by atoms with Crippen molar-refractivity contribution < 1.29 is 4.74 Å². The highest BCUT2D eigenvalue weighted by atomic mass is 35.5. The number of imidazole rings is 1. The topological polar surface area (TPSA) is 39.9 Å². The number of benzene rings is 1. The number of halogens is 1. The molecule has 0 N–H and O–H groups in total. The van der Waals surface area contributed by atoms with Crippen LogP contribution in [0, 0.1) is 6.92 Å². The third-order valence-electron chi connectivity index (χ3n) is 4.09. The minimum atomic E-state index is 0. The second-order valence-electron chi connectivity index (χ2n) is 5.61. The zero-order chi connectivity index (χ0) is 14.9. The SMILES string of the molecule is Cc1nccn1Cc1cncc(-c2ccc3c(c2)CCO3)c1.Cl. The molecule has 0 saturated heterocycles. The van der Waals surface area contributed by atoms with Gasteiger partial charge >= 0.3 is 0 Å². The van der Waals surface area contributed by atoms with E-state index in [1.54, 1.807) is 0 Å². The number of hydrogen-bond donors (Lipinski definition) is 0. The molecule has 3 heterocycles. The van der Waals surface area contributed by atoms with Gasteiger partial charge in [-0.2, -0.15) is 0 Å². The molecule has 4 nitrogen and oxygen atoms in total. The van der Waals surface area contributed by atoms with Gasteiger partial charge in [0.15, 0.2) is 0 Å². The fourth-order valence-corrected chi connectivity index (χ4v) is 2.87. The van der Waals surface area contributed by atoms with E-state index in [0.717, 1.165) is 36.7 Å². The molecule has 0 unspecified atom stereocenters. The van der Waals surface area contributed by atoms with Crippen LogP contribution in [0.2, 0.25) is 0 Å². The number of hydrogen-bond acceptors (Lipinski definition) is 3. The molecule has 0 saturated carbocycles. The lowest BCUT2D eigenvalue weighted by atomic mass is 10.0. The Kier molecular flexibility index (Phi) is 4.35. The van der Waals surface area contributed by atoms with E-state index >= 15 is 0 Å². The van der Waals surface area contributed by atoms with Gasteiger partial charge in [0.25, 0.3) is 0 Å². The molecule has 0 bridgehead atoms. The molecule has 2 aromatic heterocycles. The van der Waals surface area contributed by atoms with Gasteiger partial charge in [-0.3, -0.25) is 4.98 Å². The Morgan fingerprint density at radius 1 is 1.17 bits per heavy atom. The maximum atomic E-state index is 5.57. The van der Waals surface area contributed by atoms with Crippen molar-refractivity contribution in [3.8, 4) is 16.9 Å². The number of aryl methyl sites for hydroxylation is 1. The molecular weight excluding hydrogens is 310 g/mol. The Hall–Kier alpha value is -2.33. The van der Waals surface area contributed by atoms with Gasteiger partial charge in [0.2, 0.25) is 0 Å². The first kappa shape index (κ1) is 15.6. The molecule has 118 valence electrons. The van der Waals surface area contributed by atoms with Crippen LogP contribution < -0.4 is 4.74 Å². The van der Waals surface area contributed by atoms with Gasteiger partial charge in [-0.05, 0) is 41.8 Å². The van der Waals surface area contributed by atoms with E-state index in [1.807, 2.05) is 31.7 Å². The summed E-state index contributed by atoms with van der Waals surface area (Å²) in [5, 5.41) is 0. The van der Waals surface area contributed by atoms with Gasteiger partial charge in [-0.15, -0.1) is 12.4 Å². The molecule has 0 aliphatic carbocycles. The summed E-state index contributed by atoms with van der Waals surface area (Å²) in [6.45, 7) is 3.59.